The molecular weight excluding hydrogens is 480 g/mol. The third kappa shape index (κ3) is 5.37. The lowest BCUT2D eigenvalue weighted by Gasteiger charge is -2.11. The Hall–Kier alpha value is -5.27. The van der Waals surface area contributed by atoms with Gasteiger partial charge in [0.05, 0.1) is 22.1 Å². The number of aromatic nitrogens is 6. The van der Waals surface area contributed by atoms with Gasteiger partial charge in [0.1, 0.15) is 11.4 Å². The zero-order valence-corrected chi connectivity index (χ0v) is 19.6. The second kappa shape index (κ2) is 11.0. The predicted octanol–water partition coefficient (Wildman–Crippen LogP) is 0.906. The maximum Gasteiger partial charge on any atom is 0.290 e. The van der Waals surface area contributed by atoms with Gasteiger partial charge in [0.2, 0.25) is 0 Å². The molecule has 5 aromatic rings. The van der Waals surface area contributed by atoms with Crippen LogP contribution in [0.3, 0.4) is 0 Å². The van der Waals surface area contributed by atoms with Gasteiger partial charge >= 0.3 is 0 Å². The van der Waals surface area contributed by atoms with Gasteiger partial charge in [-0.2, -0.15) is 0 Å². The lowest BCUT2D eigenvalue weighted by Crippen LogP contribution is -2.26. The van der Waals surface area contributed by atoms with Crippen molar-refractivity contribution in [3.8, 4) is 0 Å². The summed E-state index contributed by atoms with van der Waals surface area (Å²) in [7, 11) is 0. The van der Waals surface area contributed by atoms with Crippen molar-refractivity contribution in [2.75, 3.05) is 24.6 Å². The lowest BCUT2D eigenvalue weighted by molar-refractivity contribution is -0.122. The number of hydrogen-bond donors (Lipinski definition) is 9. The summed E-state index contributed by atoms with van der Waals surface area (Å²) in [6.07, 6.45) is 4.35. The first-order chi connectivity index (χ1) is 17.9. The highest BCUT2D eigenvalue weighted by Crippen LogP contribution is 2.32. The van der Waals surface area contributed by atoms with E-state index in [1.165, 1.54) is 0 Å². The molecule has 0 atom stereocenters. The van der Waals surface area contributed by atoms with Crippen LogP contribution in [0.2, 0.25) is 0 Å². The molecule has 0 bridgehead atoms. The fourth-order valence-electron chi connectivity index (χ4n) is 4.12. The van der Waals surface area contributed by atoms with Crippen LogP contribution in [0.5, 0.6) is 0 Å². The van der Waals surface area contributed by atoms with E-state index in [1.807, 2.05) is 0 Å². The molecule has 1 aromatic carbocycles. The summed E-state index contributed by atoms with van der Waals surface area (Å²) < 4.78 is 0. The summed E-state index contributed by atoms with van der Waals surface area (Å²) in [5, 5.41) is 12.7. The number of aromatic amines is 4. The van der Waals surface area contributed by atoms with E-state index in [9.17, 15) is 9.59 Å². The maximum atomic E-state index is 12.3. The van der Waals surface area contributed by atoms with Gasteiger partial charge in [-0.3, -0.25) is 14.4 Å². The van der Waals surface area contributed by atoms with E-state index in [2.05, 4.69) is 40.5 Å². The number of fused-ring (bicyclic) bond motifs is 2. The fraction of sp³-hybridized carbons (Fsp3) is 0.174. The van der Waals surface area contributed by atoms with Crippen LogP contribution >= 0.6 is 0 Å². The Morgan fingerprint density at radius 3 is 1.68 bits per heavy atom. The first-order valence-corrected chi connectivity index (χ1v) is 11.3. The number of carbonyl (C=O) groups excluding carboxylic acids is 2. The van der Waals surface area contributed by atoms with E-state index in [1.54, 1.807) is 36.7 Å². The average molecular weight is 507 g/mol. The highest BCUT2D eigenvalue weighted by molar-refractivity contribution is 6.01. The number of carboxylic acid groups (broad SMARTS) is 1. The third-order valence-corrected chi connectivity index (χ3v) is 5.63. The van der Waals surface area contributed by atoms with Crippen molar-refractivity contribution in [2.45, 2.75) is 12.8 Å². The topological polar surface area (TPSA) is 236 Å². The zero-order valence-electron chi connectivity index (χ0n) is 19.6. The van der Waals surface area contributed by atoms with E-state index < -0.39 is 0 Å². The molecule has 0 aliphatic carbocycles. The molecule has 5 rings (SSSR count). The van der Waals surface area contributed by atoms with E-state index in [0.29, 0.717) is 48.4 Å². The molecule has 0 saturated carbocycles. The van der Waals surface area contributed by atoms with Gasteiger partial charge in [-0.25, -0.2) is 9.97 Å². The first kappa shape index (κ1) is 24.8. The van der Waals surface area contributed by atoms with E-state index in [-0.39, 0.29) is 30.2 Å². The van der Waals surface area contributed by atoms with Crippen molar-refractivity contribution in [1.82, 2.24) is 40.5 Å². The molecule has 4 heterocycles. The second-order valence-electron chi connectivity index (χ2n) is 7.93. The molecule has 11 N–H and O–H groups in total. The average Bonchev–Trinajstić information content (AvgIpc) is 3.67. The SMILES string of the molecule is Nc1nc2c(CCNC(=O)c3ccc[nH]3)c3nc(N)[nH]c3c(CCNC(=O)c3ccc[nH]3)c2[nH]1.O=CO. The Labute approximate surface area is 209 Å². The van der Waals surface area contributed by atoms with Crippen molar-refractivity contribution in [3.63, 3.8) is 0 Å². The Morgan fingerprint density at radius 2 is 1.27 bits per heavy atom. The van der Waals surface area contributed by atoms with Crippen LogP contribution in [0.25, 0.3) is 22.1 Å². The van der Waals surface area contributed by atoms with Gasteiger partial charge in [-0.1, -0.05) is 0 Å². The number of imidazole rings is 2. The smallest absolute Gasteiger partial charge is 0.290 e. The van der Waals surface area contributed by atoms with Gasteiger partial charge in [-0.15, -0.1) is 0 Å². The Kier molecular flexibility index (Phi) is 7.37. The summed E-state index contributed by atoms with van der Waals surface area (Å²) in [5.74, 6) is 0.142. The molecule has 0 radical (unpaired) electrons. The number of rotatable bonds is 8. The first-order valence-electron chi connectivity index (χ1n) is 11.3. The minimum atomic E-state index is -0.250. The fourth-order valence-corrected chi connectivity index (χ4v) is 4.12. The van der Waals surface area contributed by atoms with Crippen LogP contribution in [0, 0.1) is 0 Å². The summed E-state index contributed by atoms with van der Waals surface area (Å²) in [6, 6.07) is 6.94. The number of nitrogens with zero attached hydrogens (tertiary/aromatic N) is 2. The molecule has 4 aromatic heterocycles. The summed E-state index contributed by atoms with van der Waals surface area (Å²) in [4.78, 5) is 53.9. The number of carbonyl (C=O) groups is 3. The largest absolute Gasteiger partial charge is 0.483 e. The van der Waals surface area contributed by atoms with Gasteiger partial charge < -0.3 is 47.1 Å². The highest BCUT2D eigenvalue weighted by atomic mass is 16.3. The van der Waals surface area contributed by atoms with Crippen LogP contribution in [0.4, 0.5) is 11.9 Å². The quantitative estimate of drug-likeness (QED) is 0.137. The van der Waals surface area contributed by atoms with E-state index in [0.717, 1.165) is 22.2 Å². The van der Waals surface area contributed by atoms with Crippen molar-refractivity contribution < 1.29 is 19.5 Å². The number of amides is 2. The Morgan fingerprint density at radius 1 is 0.838 bits per heavy atom. The number of hydrogen-bond acceptors (Lipinski definition) is 7. The van der Waals surface area contributed by atoms with E-state index >= 15 is 0 Å². The molecular formula is C23H26N10O4. The molecule has 2 amide bonds. The molecule has 0 saturated heterocycles. The Bertz CT molecular complexity index is 1350. The monoisotopic (exact) mass is 506 g/mol. The van der Waals surface area contributed by atoms with Gasteiger partial charge in [0.15, 0.2) is 11.9 Å². The van der Waals surface area contributed by atoms with Gasteiger partial charge in [-0.05, 0) is 37.1 Å². The molecule has 14 nitrogen and oxygen atoms in total. The summed E-state index contributed by atoms with van der Waals surface area (Å²) in [6.45, 7) is 0.499. The van der Waals surface area contributed by atoms with Gasteiger partial charge in [0, 0.05) is 36.6 Å². The maximum absolute atomic E-state index is 12.3. The van der Waals surface area contributed by atoms with Crippen LogP contribution < -0.4 is 22.1 Å². The zero-order chi connectivity index (χ0) is 26.4. The number of nitrogen functional groups attached to an aromatic ring is 2. The molecule has 192 valence electrons. The van der Waals surface area contributed by atoms with Crippen molar-refractivity contribution >= 4 is 52.3 Å². The summed E-state index contributed by atoms with van der Waals surface area (Å²) >= 11 is 0. The minimum Gasteiger partial charge on any atom is -0.483 e. The van der Waals surface area contributed by atoms with Crippen molar-refractivity contribution in [2.24, 2.45) is 0 Å². The Balaban J connectivity index is 0.00000102. The van der Waals surface area contributed by atoms with Crippen molar-refractivity contribution in [1.29, 1.82) is 0 Å². The summed E-state index contributed by atoms with van der Waals surface area (Å²) in [5.41, 5.74) is 17.5. The molecule has 0 fully saturated rings. The van der Waals surface area contributed by atoms with E-state index in [4.69, 9.17) is 21.4 Å². The second-order valence-corrected chi connectivity index (χ2v) is 7.93. The number of benzene rings is 1. The molecule has 0 aliphatic heterocycles. The standard InChI is InChI=1S/C22H24N10O2.CH2O2/c23-21-29-15-11(5-9-27-19(33)13-3-1-7-25-13)16-18(32-22(24)30-16)12(17(15)31-21)6-10-28-20(34)14-4-2-8-26-14;2-1-3/h1-4,7-8,25-26H,5-6,9-10H2,(H,27,33)(H,28,34)(H3,23,29,31)(H3,24,30,32);1H,(H,2,3). The number of H-pyrrole nitrogens is 4. The van der Waals surface area contributed by atoms with Crippen LogP contribution in [0.1, 0.15) is 32.1 Å². The van der Waals surface area contributed by atoms with Crippen LogP contribution in [0.15, 0.2) is 36.7 Å². The number of nitrogens with two attached hydrogens (primary N) is 2. The van der Waals surface area contributed by atoms with Gasteiger partial charge in [0.25, 0.3) is 18.3 Å². The molecule has 0 aliphatic rings. The lowest BCUT2D eigenvalue weighted by atomic mass is 10.0. The highest BCUT2D eigenvalue weighted by Gasteiger charge is 2.21. The number of anilines is 2. The normalized spacial score (nSPS) is 10.7. The minimum absolute atomic E-state index is 0.194. The van der Waals surface area contributed by atoms with Crippen LogP contribution in [-0.4, -0.2) is 66.4 Å². The number of nitrogens with one attached hydrogen (secondary N) is 6. The molecule has 0 unspecified atom stereocenters. The predicted molar refractivity (Wildman–Crippen MR) is 137 cm³/mol. The van der Waals surface area contributed by atoms with Crippen molar-refractivity contribution in [3.05, 3.63) is 59.2 Å². The molecule has 0 spiro atoms. The molecule has 37 heavy (non-hydrogen) atoms. The third-order valence-electron chi connectivity index (χ3n) is 5.63. The van der Waals surface area contributed by atoms with Crippen LogP contribution in [-0.2, 0) is 17.6 Å². The molecule has 14 heteroatoms.